The Morgan fingerprint density at radius 2 is 2.00 bits per heavy atom. The standard InChI is InChI=1S/C13H19NO/c1-3-4-5-12-6-8-13(9-7-12)15-11-10-14-2/h4-9,14H,3,10-11H2,1-2H3. The molecule has 2 heteroatoms. The summed E-state index contributed by atoms with van der Waals surface area (Å²) < 4.78 is 5.52. The fourth-order valence-corrected chi connectivity index (χ4v) is 1.20. The first-order chi connectivity index (χ1) is 7.36. The lowest BCUT2D eigenvalue weighted by Gasteiger charge is -2.05. The highest BCUT2D eigenvalue weighted by Crippen LogP contribution is 2.13. The summed E-state index contributed by atoms with van der Waals surface area (Å²) in [5.74, 6) is 0.930. The van der Waals surface area contributed by atoms with Crippen molar-refractivity contribution in [3.05, 3.63) is 35.9 Å². The van der Waals surface area contributed by atoms with Gasteiger partial charge in [0, 0.05) is 6.54 Å². The molecular weight excluding hydrogens is 186 g/mol. The molecule has 0 bridgehead atoms. The summed E-state index contributed by atoms with van der Waals surface area (Å²) in [4.78, 5) is 0. The smallest absolute Gasteiger partial charge is 0.119 e. The van der Waals surface area contributed by atoms with Gasteiger partial charge in [0.05, 0.1) is 0 Å². The lowest BCUT2D eigenvalue weighted by Crippen LogP contribution is -2.15. The van der Waals surface area contributed by atoms with Gasteiger partial charge >= 0.3 is 0 Å². The van der Waals surface area contributed by atoms with Crippen molar-refractivity contribution in [2.45, 2.75) is 13.3 Å². The highest BCUT2D eigenvalue weighted by atomic mass is 16.5. The van der Waals surface area contributed by atoms with Crippen LogP contribution in [0.5, 0.6) is 5.75 Å². The Kier molecular flexibility index (Phi) is 5.56. The lowest BCUT2D eigenvalue weighted by molar-refractivity contribution is 0.318. The summed E-state index contributed by atoms with van der Waals surface area (Å²) in [5.41, 5.74) is 1.22. The van der Waals surface area contributed by atoms with E-state index in [0.29, 0.717) is 6.61 Å². The van der Waals surface area contributed by atoms with Crippen molar-refractivity contribution in [2.75, 3.05) is 20.2 Å². The molecule has 1 N–H and O–H groups in total. The molecule has 1 aromatic carbocycles. The molecule has 15 heavy (non-hydrogen) atoms. The van der Waals surface area contributed by atoms with Gasteiger partial charge in [-0.05, 0) is 31.2 Å². The molecule has 0 atom stereocenters. The van der Waals surface area contributed by atoms with Crippen LogP contribution in [-0.4, -0.2) is 20.2 Å². The molecule has 82 valence electrons. The molecule has 0 amide bonds. The van der Waals surface area contributed by atoms with E-state index >= 15 is 0 Å². The second-order valence-electron chi connectivity index (χ2n) is 3.33. The van der Waals surface area contributed by atoms with E-state index in [2.05, 4.69) is 36.5 Å². The lowest BCUT2D eigenvalue weighted by atomic mass is 10.2. The van der Waals surface area contributed by atoms with E-state index in [-0.39, 0.29) is 0 Å². The Morgan fingerprint density at radius 3 is 2.60 bits per heavy atom. The summed E-state index contributed by atoms with van der Waals surface area (Å²) in [7, 11) is 1.92. The summed E-state index contributed by atoms with van der Waals surface area (Å²) in [6.07, 6.45) is 5.34. The predicted octanol–water partition coefficient (Wildman–Crippen LogP) is 2.71. The van der Waals surface area contributed by atoms with Crippen molar-refractivity contribution < 1.29 is 4.74 Å². The van der Waals surface area contributed by atoms with Crippen LogP contribution >= 0.6 is 0 Å². The molecule has 0 saturated heterocycles. The average Bonchev–Trinajstić information content (AvgIpc) is 2.28. The maximum absolute atomic E-state index is 5.52. The van der Waals surface area contributed by atoms with Gasteiger partial charge in [0.25, 0.3) is 0 Å². The van der Waals surface area contributed by atoms with Gasteiger partial charge in [-0.1, -0.05) is 31.2 Å². The zero-order valence-electron chi connectivity index (χ0n) is 9.49. The monoisotopic (exact) mass is 205 g/mol. The fraction of sp³-hybridized carbons (Fsp3) is 0.385. The molecule has 0 aliphatic heterocycles. The molecule has 2 nitrogen and oxygen atoms in total. The summed E-state index contributed by atoms with van der Waals surface area (Å²) in [6.45, 7) is 3.71. The van der Waals surface area contributed by atoms with Crippen LogP contribution in [0.4, 0.5) is 0 Å². The van der Waals surface area contributed by atoms with Crippen molar-refractivity contribution in [3.63, 3.8) is 0 Å². The maximum Gasteiger partial charge on any atom is 0.119 e. The number of ether oxygens (including phenoxy) is 1. The number of allylic oxidation sites excluding steroid dienone is 1. The topological polar surface area (TPSA) is 21.3 Å². The molecule has 0 aromatic heterocycles. The zero-order valence-corrected chi connectivity index (χ0v) is 9.49. The number of hydrogen-bond acceptors (Lipinski definition) is 2. The van der Waals surface area contributed by atoms with Crippen LogP contribution in [0.1, 0.15) is 18.9 Å². The van der Waals surface area contributed by atoms with Crippen LogP contribution in [0.15, 0.2) is 30.3 Å². The quantitative estimate of drug-likeness (QED) is 0.721. The first-order valence-corrected chi connectivity index (χ1v) is 5.41. The maximum atomic E-state index is 5.52. The van der Waals surface area contributed by atoms with Crippen molar-refractivity contribution in [1.82, 2.24) is 5.32 Å². The second kappa shape index (κ2) is 7.07. The number of rotatable bonds is 6. The van der Waals surface area contributed by atoms with Crippen LogP contribution < -0.4 is 10.1 Å². The average molecular weight is 205 g/mol. The largest absolute Gasteiger partial charge is 0.492 e. The van der Waals surface area contributed by atoms with E-state index < -0.39 is 0 Å². The third-order valence-electron chi connectivity index (χ3n) is 2.05. The molecule has 1 aromatic rings. The molecule has 0 saturated carbocycles. The van der Waals surface area contributed by atoms with Gasteiger partial charge in [-0.25, -0.2) is 0 Å². The van der Waals surface area contributed by atoms with Gasteiger partial charge < -0.3 is 10.1 Å². The van der Waals surface area contributed by atoms with Gasteiger partial charge in [0.1, 0.15) is 12.4 Å². The van der Waals surface area contributed by atoms with Crippen molar-refractivity contribution in [2.24, 2.45) is 0 Å². The Balaban J connectivity index is 2.45. The number of hydrogen-bond donors (Lipinski definition) is 1. The Morgan fingerprint density at radius 1 is 1.27 bits per heavy atom. The molecule has 0 spiro atoms. The summed E-state index contributed by atoms with van der Waals surface area (Å²) in [5, 5.41) is 3.04. The van der Waals surface area contributed by atoms with Gasteiger partial charge in [-0.3, -0.25) is 0 Å². The molecule has 0 unspecified atom stereocenters. The van der Waals surface area contributed by atoms with Crippen LogP contribution in [-0.2, 0) is 0 Å². The normalized spacial score (nSPS) is 10.8. The third-order valence-corrected chi connectivity index (χ3v) is 2.05. The predicted molar refractivity (Wildman–Crippen MR) is 65.2 cm³/mol. The zero-order chi connectivity index (χ0) is 10.9. The second-order valence-corrected chi connectivity index (χ2v) is 3.33. The molecule has 0 fully saturated rings. The molecule has 0 radical (unpaired) electrons. The molecule has 0 aliphatic rings. The SMILES string of the molecule is CCC=Cc1ccc(OCCNC)cc1. The molecule has 0 aliphatic carbocycles. The van der Waals surface area contributed by atoms with E-state index in [1.54, 1.807) is 0 Å². The van der Waals surface area contributed by atoms with Gasteiger partial charge in [-0.2, -0.15) is 0 Å². The fourth-order valence-electron chi connectivity index (χ4n) is 1.20. The molecular formula is C13H19NO. The van der Waals surface area contributed by atoms with E-state index in [0.717, 1.165) is 18.7 Å². The summed E-state index contributed by atoms with van der Waals surface area (Å²) >= 11 is 0. The van der Waals surface area contributed by atoms with Gasteiger partial charge in [-0.15, -0.1) is 0 Å². The Bertz CT molecular complexity index is 290. The van der Waals surface area contributed by atoms with Crippen LogP contribution in [0.3, 0.4) is 0 Å². The Hall–Kier alpha value is -1.28. The first kappa shape index (κ1) is 11.8. The van der Waals surface area contributed by atoms with Crippen LogP contribution in [0.25, 0.3) is 6.08 Å². The number of likely N-dealkylation sites (N-methyl/N-ethyl adjacent to an activating group) is 1. The number of nitrogens with one attached hydrogen (secondary N) is 1. The highest BCUT2D eigenvalue weighted by Gasteiger charge is 1.92. The third kappa shape index (κ3) is 4.66. The molecule has 1 rings (SSSR count). The minimum Gasteiger partial charge on any atom is -0.492 e. The van der Waals surface area contributed by atoms with Crippen molar-refractivity contribution >= 4 is 6.08 Å². The highest BCUT2D eigenvalue weighted by molar-refractivity contribution is 5.50. The van der Waals surface area contributed by atoms with Gasteiger partial charge in [0.15, 0.2) is 0 Å². The first-order valence-electron chi connectivity index (χ1n) is 5.41. The van der Waals surface area contributed by atoms with E-state index in [4.69, 9.17) is 4.74 Å². The van der Waals surface area contributed by atoms with Crippen LogP contribution in [0.2, 0.25) is 0 Å². The minimum atomic E-state index is 0.709. The van der Waals surface area contributed by atoms with E-state index in [1.807, 2.05) is 19.2 Å². The molecule has 0 heterocycles. The Labute approximate surface area is 92.0 Å². The van der Waals surface area contributed by atoms with Crippen molar-refractivity contribution in [3.8, 4) is 5.75 Å². The minimum absolute atomic E-state index is 0.709. The van der Waals surface area contributed by atoms with E-state index in [9.17, 15) is 0 Å². The van der Waals surface area contributed by atoms with Crippen molar-refractivity contribution in [1.29, 1.82) is 0 Å². The summed E-state index contributed by atoms with van der Waals surface area (Å²) in [6, 6.07) is 8.15. The number of benzene rings is 1. The van der Waals surface area contributed by atoms with Crippen LogP contribution in [0, 0.1) is 0 Å². The van der Waals surface area contributed by atoms with Gasteiger partial charge in [0.2, 0.25) is 0 Å². The van der Waals surface area contributed by atoms with E-state index in [1.165, 1.54) is 5.56 Å².